The highest BCUT2D eigenvalue weighted by molar-refractivity contribution is 5.95. The SMILES string of the molecule is COCOc1c(C(C)(C)C)cc(OC)c2c1NC(=NC1CCCCC1)OC2. The van der Waals surface area contributed by atoms with Crippen molar-refractivity contribution < 1.29 is 18.9 Å². The summed E-state index contributed by atoms with van der Waals surface area (Å²) in [6, 6.07) is 2.95. The Balaban J connectivity index is 2.01. The molecule has 27 heavy (non-hydrogen) atoms. The number of methoxy groups -OCH3 is 2. The van der Waals surface area contributed by atoms with Gasteiger partial charge < -0.3 is 24.3 Å². The van der Waals surface area contributed by atoms with E-state index in [0.29, 0.717) is 18.7 Å². The van der Waals surface area contributed by atoms with Gasteiger partial charge in [0.1, 0.15) is 12.4 Å². The number of hydrogen-bond acceptors (Lipinski definition) is 5. The topological polar surface area (TPSA) is 61.3 Å². The maximum absolute atomic E-state index is 6.00. The van der Waals surface area contributed by atoms with E-state index < -0.39 is 0 Å². The molecule has 6 nitrogen and oxygen atoms in total. The summed E-state index contributed by atoms with van der Waals surface area (Å²) in [4.78, 5) is 4.82. The lowest BCUT2D eigenvalue weighted by atomic mass is 9.84. The summed E-state index contributed by atoms with van der Waals surface area (Å²) in [5.74, 6) is 1.57. The minimum Gasteiger partial charge on any atom is -0.496 e. The van der Waals surface area contributed by atoms with E-state index in [2.05, 4.69) is 26.1 Å². The fraction of sp³-hybridized carbons (Fsp3) is 0.667. The van der Waals surface area contributed by atoms with E-state index in [-0.39, 0.29) is 12.2 Å². The van der Waals surface area contributed by atoms with Crippen LogP contribution < -0.4 is 14.8 Å². The van der Waals surface area contributed by atoms with Gasteiger partial charge >= 0.3 is 0 Å². The van der Waals surface area contributed by atoms with E-state index in [0.717, 1.165) is 41.2 Å². The zero-order valence-corrected chi connectivity index (χ0v) is 17.2. The minimum atomic E-state index is -0.119. The number of hydrogen-bond donors (Lipinski definition) is 1. The van der Waals surface area contributed by atoms with Gasteiger partial charge in [0.15, 0.2) is 12.5 Å². The second kappa shape index (κ2) is 8.38. The molecule has 0 saturated heterocycles. The first-order valence-electron chi connectivity index (χ1n) is 9.77. The van der Waals surface area contributed by atoms with Crippen LogP contribution in [-0.4, -0.2) is 33.1 Å². The molecule has 2 aliphatic rings. The van der Waals surface area contributed by atoms with Gasteiger partial charge in [-0.1, -0.05) is 40.0 Å². The van der Waals surface area contributed by atoms with Crippen molar-refractivity contribution in [1.29, 1.82) is 0 Å². The summed E-state index contributed by atoms with van der Waals surface area (Å²) in [5.41, 5.74) is 2.75. The van der Waals surface area contributed by atoms with Crippen molar-refractivity contribution in [2.75, 3.05) is 26.3 Å². The van der Waals surface area contributed by atoms with Crippen LogP contribution in [0.3, 0.4) is 0 Å². The zero-order chi connectivity index (χ0) is 19.4. The zero-order valence-electron chi connectivity index (χ0n) is 17.2. The van der Waals surface area contributed by atoms with Crippen molar-refractivity contribution in [2.24, 2.45) is 4.99 Å². The highest BCUT2D eigenvalue weighted by Gasteiger charge is 2.30. The van der Waals surface area contributed by atoms with Crippen molar-refractivity contribution in [1.82, 2.24) is 0 Å². The van der Waals surface area contributed by atoms with Gasteiger partial charge in [-0.3, -0.25) is 0 Å². The largest absolute Gasteiger partial charge is 0.496 e. The predicted molar refractivity (Wildman–Crippen MR) is 107 cm³/mol. The molecule has 1 aliphatic carbocycles. The molecule has 1 aromatic carbocycles. The molecule has 3 rings (SSSR count). The van der Waals surface area contributed by atoms with Gasteiger partial charge in [-0.15, -0.1) is 0 Å². The molecule has 0 atom stereocenters. The van der Waals surface area contributed by atoms with Gasteiger partial charge in [0, 0.05) is 12.7 Å². The first-order valence-corrected chi connectivity index (χ1v) is 9.77. The van der Waals surface area contributed by atoms with E-state index >= 15 is 0 Å². The van der Waals surface area contributed by atoms with Crippen molar-refractivity contribution in [2.45, 2.75) is 70.9 Å². The number of amidine groups is 1. The molecular formula is C21H32N2O4. The van der Waals surface area contributed by atoms with E-state index in [1.54, 1.807) is 14.2 Å². The summed E-state index contributed by atoms with van der Waals surface area (Å²) in [6.07, 6.45) is 6.03. The molecule has 0 unspecified atom stereocenters. The lowest BCUT2D eigenvalue weighted by Gasteiger charge is -2.31. The molecule has 1 fully saturated rings. The molecule has 1 aliphatic heterocycles. The van der Waals surface area contributed by atoms with E-state index in [1.807, 2.05) is 6.07 Å². The molecule has 1 aromatic rings. The summed E-state index contributed by atoms with van der Waals surface area (Å²) in [5, 5.41) is 3.38. The van der Waals surface area contributed by atoms with Crippen LogP contribution in [-0.2, 0) is 21.5 Å². The Kier molecular flexibility index (Phi) is 6.15. The van der Waals surface area contributed by atoms with Crippen molar-refractivity contribution >= 4 is 11.7 Å². The highest BCUT2D eigenvalue weighted by atomic mass is 16.7. The normalized spacial score (nSPS) is 19.2. The Morgan fingerprint density at radius 1 is 1.19 bits per heavy atom. The molecule has 0 aromatic heterocycles. The molecule has 1 heterocycles. The number of rotatable bonds is 5. The number of fused-ring (bicyclic) bond motifs is 1. The Morgan fingerprint density at radius 3 is 2.56 bits per heavy atom. The Morgan fingerprint density at radius 2 is 1.93 bits per heavy atom. The second-order valence-electron chi connectivity index (χ2n) is 8.25. The van der Waals surface area contributed by atoms with Crippen molar-refractivity contribution in [3.8, 4) is 11.5 Å². The van der Waals surface area contributed by atoms with Crippen LogP contribution in [0.15, 0.2) is 11.1 Å². The summed E-state index contributed by atoms with van der Waals surface area (Å²) in [7, 11) is 3.31. The Bertz CT molecular complexity index is 688. The third-order valence-corrected chi connectivity index (χ3v) is 5.16. The van der Waals surface area contributed by atoms with E-state index in [4.69, 9.17) is 23.9 Å². The molecule has 0 amide bonds. The molecule has 0 spiro atoms. The highest BCUT2D eigenvalue weighted by Crippen LogP contribution is 2.45. The number of ether oxygens (including phenoxy) is 4. The third-order valence-electron chi connectivity index (χ3n) is 5.16. The van der Waals surface area contributed by atoms with E-state index in [1.165, 1.54) is 19.3 Å². The van der Waals surface area contributed by atoms with Gasteiger partial charge in [0.05, 0.1) is 24.4 Å². The number of aliphatic imine (C=N–C) groups is 1. The van der Waals surface area contributed by atoms with Crippen LogP contribution in [0.25, 0.3) is 0 Å². The third kappa shape index (κ3) is 4.49. The van der Waals surface area contributed by atoms with Crippen LogP contribution in [0.1, 0.15) is 64.0 Å². The maximum Gasteiger partial charge on any atom is 0.289 e. The predicted octanol–water partition coefficient (Wildman–Crippen LogP) is 4.61. The first kappa shape index (κ1) is 19.8. The van der Waals surface area contributed by atoms with Gasteiger partial charge in [-0.2, -0.15) is 0 Å². The van der Waals surface area contributed by atoms with Crippen molar-refractivity contribution in [3.05, 3.63) is 17.2 Å². The van der Waals surface area contributed by atoms with Gasteiger partial charge in [-0.25, -0.2) is 4.99 Å². The minimum absolute atomic E-state index is 0.119. The second-order valence-corrected chi connectivity index (χ2v) is 8.25. The molecule has 150 valence electrons. The average molecular weight is 376 g/mol. The number of benzene rings is 1. The average Bonchev–Trinajstić information content (AvgIpc) is 2.65. The standard InChI is InChI=1S/C21H32N2O4/c1-21(2,3)16-11-17(25-5)15-12-26-20(22-14-9-7-6-8-10-14)23-18(15)19(16)27-13-24-4/h11,14H,6-10,12-13H2,1-5H3,(H,22,23). The summed E-state index contributed by atoms with van der Waals surface area (Å²) >= 11 is 0. The van der Waals surface area contributed by atoms with Crippen molar-refractivity contribution in [3.63, 3.8) is 0 Å². The lowest BCUT2D eigenvalue weighted by Crippen LogP contribution is -2.27. The number of nitrogens with zero attached hydrogens (tertiary/aromatic N) is 1. The van der Waals surface area contributed by atoms with Gasteiger partial charge in [-0.05, 0) is 24.3 Å². The molecule has 1 N–H and O–H groups in total. The smallest absolute Gasteiger partial charge is 0.289 e. The fourth-order valence-electron chi connectivity index (χ4n) is 3.69. The summed E-state index contributed by atoms with van der Waals surface area (Å²) in [6.45, 7) is 7.06. The fourth-order valence-corrected chi connectivity index (χ4v) is 3.69. The van der Waals surface area contributed by atoms with Crippen LogP contribution in [0.2, 0.25) is 0 Å². The maximum atomic E-state index is 6.00. The Labute approximate surface area is 162 Å². The number of nitrogens with one attached hydrogen (secondary N) is 1. The molecule has 6 heteroatoms. The molecule has 0 radical (unpaired) electrons. The van der Waals surface area contributed by atoms with Crippen LogP contribution >= 0.6 is 0 Å². The monoisotopic (exact) mass is 376 g/mol. The van der Waals surface area contributed by atoms with Gasteiger partial charge in [0.2, 0.25) is 0 Å². The lowest BCUT2D eigenvalue weighted by molar-refractivity contribution is 0.0500. The van der Waals surface area contributed by atoms with Crippen LogP contribution in [0, 0.1) is 0 Å². The molecular weight excluding hydrogens is 344 g/mol. The molecule has 0 bridgehead atoms. The van der Waals surface area contributed by atoms with Crippen LogP contribution in [0.5, 0.6) is 11.5 Å². The summed E-state index contributed by atoms with van der Waals surface area (Å²) < 4.78 is 22.7. The quantitative estimate of drug-likeness (QED) is 0.761. The van der Waals surface area contributed by atoms with Crippen LogP contribution in [0.4, 0.5) is 5.69 Å². The van der Waals surface area contributed by atoms with Gasteiger partial charge in [0.25, 0.3) is 6.02 Å². The first-order chi connectivity index (χ1) is 12.9. The Hall–Kier alpha value is -1.95. The van der Waals surface area contributed by atoms with E-state index in [9.17, 15) is 0 Å². The molecule has 1 saturated carbocycles. The number of anilines is 1.